The molecule has 1 saturated heterocycles. The molecule has 2 rings (SSSR count). The van der Waals surface area contributed by atoms with Gasteiger partial charge in [0.15, 0.2) is 0 Å². The maximum Gasteiger partial charge on any atom is 0.622 e. The average molecular weight is 403 g/mol. The first-order valence-electron chi connectivity index (χ1n) is 9.40. The molecule has 29 heavy (non-hydrogen) atoms. The Morgan fingerprint density at radius 1 is 1.17 bits per heavy atom. The van der Waals surface area contributed by atoms with Gasteiger partial charge < -0.3 is 20.4 Å². The summed E-state index contributed by atoms with van der Waals surface area (Å²) in [5, 5.41) is 2.77. The van der Waals surface area contributed by atoms with Crippen LogP contribution in [0, 0.1) is 5.92 Å². The molecular formula is C19H26BN3O6. The van der Waals surface area contributed by atoms with Crippen LogP contribution in [0.1, 0.15) is 36.2 Å². The van der Waals surface area contributed by atoms with Crippen LogP contribution >= 0.6 is 0 Å². The number of primary amides is 1. The Balaban J connectivity index is 2.15. The highest BCUT2D eigenvalue weighted by molar-refractivity contribution is 6.51. The molecule has 1 aromatic rings. The first kappa shape index (κ1) is 22.4. The van der Waals surface area contributed by atoms with Crippen molar-refractivity contribution in [3.05, 3.63) is 35.4 Å². The molecule has 1 aliphatic rings. The lowest BCUT2D eigenvalue weighted by Gasteiger charge is -2.28. The van der Waals surface area contributed by atoms with E-state index in [0.29, 0.717) is 12.0 Å². The summed E-state index contributed by atoms with van der Waals surface area (Å²) in [6.07, 6.45) is 0.329. The maximum absolute atomic E-state index is 12.6. The molecule has 1 atom stereocenters. The second-order valence-corrected chi connectivity index (χ2v) is 7.52. The van der Waals surface area contributed by atoms with Crippen LogP contribution in [0.25, 0.3) is 0 Å². The normalized spacial score (nSPS) is 16.5. The van der Waals surface area contributed by atoms with Crippen molar-refractivity contribution in [3.63, 3.8) is 0 Å². The van der Waals surface area contributed by atoms with Gasteiger partial charge in [-0.05, 0) is 31.0 Å². The van der Waals surface area contributed by atoms with Crippen molar-refractivity contribution in [3.8, 4) is 0 Å². The topological polar surface area (TPSA) is 128 Å². The Labute approximate surface area is 170 Å². The third kappa shape index (κ3) is 6.90. The number of nitrogens with one attached hydrogen (secondary N) is 1. The molecule has 0 aromatic heterocycles. The number of carbonyl (C=O) groups excluding carboxylic acids is 4. The number of likely N-dealkylation sites (N-methyl/N-ethyl adjacent to an activating group) is 1. The molecule has 0 unspecified atom stereocenters. The first-order chi connectivity index (χ1) is 13.7. The molecule has 0 bridgehead atoms. The van der Waals surface area contributed by atoms with Crippen molar-refractivity contribution >= 4 is 30.9 Å². The van der Waals surface area contributed by atoms with E-state index in [-0.39, 0.29) is 31.0 Å². The SMILES string of the molecule is CC(C)C[C@H](NC(=O)Cc1ccccc1C(N)=O)B1OC(=O)CN(C)CC(=O)O1. The molecule has 1 fully saturated rings. The van der Waals surface area contributed by atoms with Gasteiger partial charge in [-0.15, -0.1) is 0 Å². The number of hydrogen-bond acceptors (Lipinski definition) is 7. The van der Waals surface area contributed by atoms with E-state index >= 15 is 0 Å². The third-order valence-electron chi connectivity index (χ3n) is 4.33. The number of benzene rings is 1. The van der Waals surface area contributed by atoms with E-state index in [1.54, 1.807) is 31.3 Å². The number of rotatable bonds is 7. The maximum atomic E-state index is 12.6. The minimum Gasteiger partial charge on any atom is -0.497 e. The van der Waals surface area contributed by atoms with Crippen molar-refractivity contribution in [1.82, 2.24) is 10.2 Å². The van der Waals surface area contributed by atoms with Gasteiger partial charge in [-0.3, -0.25) is 24.1 Å². The van der Waals surface area contributed by atoms with Crippen LogP contribution in [0.2, 0.25) is 0 Å². The molecule has 1 aromatic carbocycles. The van der Waals surface area contributed by atoms with Crippen LogP contribution in [-0.4, -0.2) is 61.8 Å². The van der Waals surface area contributed by atoms with Gasteiger partial charge in [-0.25, -0.2) is 0 Å². The van der Waals surface area contributed by atoms with Crippen molar-refractivity contribution in [2.24, 2.45) is 11.7 Å². The van der Waals surface area contributed by atoms with Gasteiger partial charge in [-0.1, -0.05) is 32.0 Å². The summed E-state index contributed by atoms with van der Waals surface area (Å²) >= 11 is 0. The van der Waals surface area contributed by atoms with Crippen LogP contribution < -0.4 is 11.1 Å². The van der Waals surface area contributed by atoms with E-state index < -0.39 is 36.8 Å². The number of amides is 2. The highest BCUT2D eigenvalue weighted by Crippen LogP contribution is 2.14. The molecule has 0 aliphatic carbocycles. The van der Waals surface area contributed by atoms with Crippen molar-refractivity contribution < 1.29 is 28.5 Å². The van der Waals surface area contributed by atoms with Gasteiger partial charge in [0.25, 0.3) is 0 Å². The van der Waals surface area contributed by atoms with Gasteiger partial charge in [0.2, 0.25) is 11.8 Å². The molecule has 0 radical (unpaired) electrons. The Kier molecular flexibility index (Phi) is 7.78. The van der Waals surface area contributed by atoms with Crippen LogP contribution in [0.5, 0.6) is 0 Å². The van der Waals surface area contributed by atoms with Gasteiger partial charge in [0.1, 0.15) is 0 Å². The van der Waals surface area contributed by atoms with Gasteiger partial charge in [0, 0.05) is 5.56 Å². The lowest BCUT2D eigenvalue weighted by molar-refractivity contribution is -0.146. The molecule has 2 amide bonds. The summed E-state index contributed by atoms with van der Waals surface area (Å²) in [6, 6.07) is 6.55. The van der Waals surface area contributed by atoms with E-state index in [2.05, 4.69) is 5.32 Å². The Bertz CT molecular complexity index is 765. The summed E-state index contributed by atoms with van der Waals surface area (Å²) in [6.45, 7) is 3.75. The lowest BCUT2D eigenvalue weighted by Crippen LogP contribution is -2.54. The standard InChI is InChI=1S/C19H26BN3O6/c1-12(2)8-15(20-28-17(25)10-23(3)11-18(26)29-20)22-16(24)9-13-6-4-5-7-14(13)19(21)27/h4-7,12,15H,8-11H2,1-3H3,(H2,21,27)(H,22,24)/t15-/m0/s1. The molecule has 3 N–H and O–H groups in total. The van der Waals surface area contributed by atoms with Crippen molar-refractivity contribution in [2.75, 3.05) is 20.1 Å². The van der Waals surface area contributed by atoms with Crippen molar-refractivity contribution in [2.45, 2.75) is 32.6 Å². The average Bonchev–Trinajstić information content (AvgIpc) is 2.58. The smallest absolute Gasteiger partial charge is 0.497 e. The lowest BCUT2D eigenvalue weighted by atomic mass is 9.73. The molecule has 1 aliphatic heterocycles. The Morgan fingerprint density at radius 2 is 1.76 bits per heavy atom. The first-order valence-corrected chi connectivity index (χ1v) is 9.40. The molecule has 10 heteroatoms. The van der Waals surface area contributed by atoms with E-state index in [9.17, 15) is 19.2 Å². The van der Waals surface area contributed by atoms with Gasteiger partial charge in [0.05, 0.1) is 25.5 Å². The van der Waals surface area contributed by atoms with Crippen LogP contribution in [0.4, 0.5) is 0 Å². The quantitative estimate of drug-likeness (QED) is 0.610. The summed E-state index contributed by atoms with van der Waals surface area (Å²) in [7, 11) is 0.383. The van der Waals surface area contributed by atoms with Crippen LogP contribution in [0.15, 0.2) is 24.3 Å². The van der Waals surface area contributed by atoms with Gasteiger partial charge in [-0.2, -0.15) is 0 Å². The second-order valence-electron chi connectivity index (χ2n) is 7.52. The Morgan fingerprint density at radius 3 is 2.31 bits per heavy atom. The highest BCUT2D eigenvalue weighted by Gasteiger charge is 2.40. The molecule has 0 spiro atoms. The highest BCUT2D eigenvalue weighted by atomic mass is 16.6. The molecule has 1 heterocycles. The summed E-state index contributed by atoms with van der Waals surface area (Å²) in [5.41, 5.74) is 6.10. The van der Waals surface area contributed by atoms with E-state index in [1.807, 2.05) is 13.8 Å². The molecule has 9 nitrogen and oxygen atoms in total. The minimum atomic E-state index is -1.22. The fourth-order valence-electron chi connectivity index (χ4n) is 3.11. The summed E-state index contributed by atoms with van der Waals surface area (Å²) in [4.78, 5) is 49.7. The predicted molar refractivity (Wildman–Crippen MR) is 105 cm³/mol. The zero-order chi connectivity index (χ0) is 21.6. The van der Waals surface area contributed by atoms with Crippen molar-refractivity contribution in [1.29, 1.82) is 0 Å². The number of nitrogens with two attached hydrogens (primary N) is 1. The van der Waals surface area contributed by atoms with Crippen LogP contribution in [0.3, 0.4) is 0 Å². The molecular weight excluding hydrogens is 377 g/mol. The number of carbonyl (C=O) groups is 4. The second kappa shape index (κ2) is 10.1. The summed E-state index contributed by atoms with van der Waals surface area (Å²) in [5.74, 6) is -2.72. The van der Waals surface area contributed by atoms with E-state index in [4.69, 9.17) is 15.0 Å². The fourth-order valence-corrected chi connectivity index (χ4v) is 3.11. The third-order valence-corrected chi connectivity index (χ3v) is 4.33. The van der Waals surface area contributed by atoms with E-state index in [0.717, 1.165) is 0 Å². The van der Waals surface area contributed by atoms with Gasteiger partial charge >= 0.3 is 19.1 Å². The fraction of sp³-hybridized carbons (Fsp3) is 0.474. The molecule has 156 valence electrons. The summed E-state index contributed by atoms with van der Waals surface area (Å²) < 4.78 is 10.6. The monoisotopic (exact) mass is 403 g/mol. The van der Waals surface area contributed by atoms with Crippen LogP contribution in [-0.2, 0) is 30.1 Å². The zero-order valence-electron chi connectivity index (χ0n) is 16.8. The van der Waals surface area contributed by atoms with E-state index in [1.165, 1.54) is 4.90 Å². The molecule has 0 saturated carbocycles. The Hall–Kier alpha value is -2.88. The zero-order valence-corrected chi connectivity index (χ0v) is 16.8. The predicted octanol–water partition coefficient (Wildman–Crippen LogP) is -0.0819. The number of nitrogens with zero attached hydrogens (tertiary/aromatic N) is 1. The largest absolute Gasteiger partial charge is 0.622 e. The minimum absolute atomic E-state index is 0.0556. The number of hydrogen-bond donors (Lipinski definition) is 2.